The van der Waals surface area contributed by atoms with Gasteiger partial charge in [-0.15, -0.1) is 11.8 Å². The SMILES string of the molecule is CSc1cccc(NC(=O)CN2C(=O)N[C@](C)(c3ccc4c(c3)OCO4)C2=O)c1. The Bertz CT molecular complexity index is 1010. The lowest BCUT2D eigenvalue weighted by atomic mass is 9.91. The fraction of sp³-hybridized carbons (Fsp3) is 0.250. The van der Waals surface area contributed by atoms with E-state index < -0.39 is 23.4 Å². The Kier molecular flexibility index (Phi) is 4.83. The van der Waals surface area contributed by atoms with E-state index in [2.05, 4.69) is 10.6 Å². The van der Waals surface area contributed by atoms with Crippen LogP contribution in [0.3, 0.4) is 0 Å². The topological polar surface area (TPSA) is 97.0 Å². The van der Waals surface area contributed by atoms with Crippen molar-refractivity contribution in [2.75, 3.05) is 24.9 Å². The van der Waals surface area contributed by atoms with Crippen molar-refractivity contribution >= 4 is 35.3 Å². The first-order valence-electron chi connectivity index (χ1n) is 8.89. The number of amides is 4. The molecule has 0 saturated carbocycles. The first-order chi connectivity index (χ1) is 13.9. The Balaban J connectivity index is 1.49. The number of nitrogens with zero attached hydrogens (tertiary/aromatic N) is 1. The largest absolute Gasteiger partial charge is 0.454 e. The summed E-state index contributed by atoms with van der Waals surface area (Å²) in [5, 5.41) is 5.41. The number of fused-ring (bicyclic) bond motifs is 1. The van der Waals surface area contributed by atoms with Gasteiger partial charge in [0.25, 0.3) is 5.91 Å². The summed E-state index contributed by atoms with van der Waals surface area (Å²) >= 11 is 1.55. The van der Waals surface area contributed by atoms with Crippen LogP contribution in [0.5, 0.6) is 11.5 Å². The molecular weight excluding hydrogens is 394 g/mol. The summed E-state index contributed by atoms with van der Waals surface area (Å²) in [4.78, 5) is 39.8. The summed E-state index contributed by atoms with van der Waals surface area (Å²) in [6.45, 7) is 1.33. The van der Waals surface area contributed by atoms with E-state index >= 15 is 0 Å². The Morgan fingerprint density at radius 1 is 1.21 bits per heavy atom. The number of imide groups is 1. The Morgan fingerprint density at radius 3 is 2.79 bits per heavy atom. The minimum atomic E-state index is -1.29. The van der Waals surface area contributed by atoms with Crippen LogP contribution in [0, 0.1) is 0 Å². The number of rotatable bonds is 5. The molecule has 2 N–H and O–H groups in total. The van der Waals surface area contributed by atoms with Gasteiger partial charge in [-0.05, 0) is 49.1 Å². The fourth-order valence-corrected chi connectivity index (χ4v) is 3.75. The molecule has 2 heterocycles. The number of ether oxygens (including phenoxy) is 2. The molecule has 2 aromatic carbocycles. The number of hydrogen-bond acceptors (Lipinski definition) is 6. The minimum absolute atomic E-state index is 0.111. The monoisotopic (exact) mass is 413 g/mol. The van der Waals surface area contributed by atoms with Crippen molar-refractivity contribution < 1.29 is 23.9 Å². The zero-order valence-electron chi connectivity index (χ0n) is 15.9. The average molecular weight is 413 g/mol. The summed E-state index contributed by atoms with van der Waals surface area (Å²) in [6, 6.07) is 11.8. The molecule has 29 heavy (non-hydrogen) atoms. The van der Waals surface area contributed by atoms with Crippen molar-refractivity contribution in [1.82, 2.24) is 10.2 Å². The second-order valence-electron chi connectivity index (χ2n) is 6.79. The Labute approximate surface area is 171 Å². The predicted molar refractivity (Wildman–Crippen MR) is 107 cm³/mol. The molecule has 4 amide bonds. The molecular formula is C20H19N3O5S. The highest BCUT2D eigenvalue weighted by Gasteiger charge is 2.49. The van der Waals surface area contributed by atoms with Gasteiger partial charge in [-0.2, -0.15) is 0 Å². The highest BCUT2D eigenvalue weighted by Crippen LogP contribution is 2.37. The third-order valence-corrected chi connectivity index (χ3v) is 5.61. The molecule has 0 spiro atoms. The van der Waals surface area contributed by atoms with E-state index in [-0.39, 0.29) is 13.3 Å². The molecule has 4 rings (SSSR count). The molecule has 1 fully saturated rings. The molecule has 2 aliphatic rings. The smallest absolute Gasteiger partial charge is 0.325 e. The van der Waals surface area contributed by atoms with Crippen LogP contribution in [0.25, 0.3) is 0 Å². The quantitative estimate of drug-likeness (QED) is 0.578. The molecule has 0 radical (unpaired) electrons. The van der Waals surface area contributed by atoms with E-state index in [0.717, 1.165) is 9.80 Å². The summed E-state index contributed by atoms with van der Waals surface area (Å²) in [5.41, 5.74) is -0.139. The molecule has 2 aromatic rings. The molecule has 9 heteroatoms. The fourth-order valence-electron chi connectivity index (χ4n) is 3.29. The first-order valence-corrected chi connectivity index (χ1v) is 10.1. The van der Waals surface area contributed by atoms with Crippen LogP contribution in [0.15, 0.2) is 47.4 Å². The molecule has 0 unspecified atom stereocenters. The van der Waals surface area contributed by atoms with Gasteiger partial charge in [0.2, 0.25) is 12.7 Å². The molecule has 150 valence electrons. The number of nitrogens with one attached hydrogen (secondary N) is 2. The summed E-state index contributed by atoms with van der Waals surface area (Å²) in [6.07, 6.45) is 1.94. The van der Waals surface area contributed by atoms with Crippen LogP contribution in [0.4, 0.5) is 10.5 Å². The summed E-state index contributed by atoms with van der Waals surface area (Å²) in [7, 11) is 0. The Morgan fingerprint density at radius 2 is 2.00 bits per heavy atom. The molecule has 0 aliphatic carbocycles. The minimum Gasteiger partial charge on any atom is -0.454 e. The van der Waals surface area contributed by atoms with Crippen molar-refractivity contribution in [2.45, 2.75) is 17.4 Å². The number of anilines is 1. The highest BCUT2D eigenvalue weighted by molar-refractivity contribution is 7.98. The van der Waals surface area contributed by atoms with Gasteiger partial charge in [0.15, 0.2) is 11.5 Å². The van der Waals surface area contributed by atoms with E-state index in [4.69, 9.17) is 9.47 Å². The van der Waals surface area contributed by atoms with E-state index in [9.17, 15) is 14.4 Å². The summed E-state index contributed by atoms with van der Waals surface area (Å²) < 4.78 is 10.6. The van der Waals surface area contributed by atoms with Crippen molar-refractivity contribution in [2.24, 2.45) is 0 Å². The van der Waals surface area contributed by atoms with Gasteiger partial charge in [-0.1, -0.05) is 12.1 Å². The van der Waals surface area contributed by atoms with Crippen molar-refractivity contribution in [3.63, 3.8) is 0 Å². The molecule has 8 nitrogen and oxygen atoms in total. The second-order valence-corrected chi connectivity index (χ2v) is 7.67. The molecule has 0 aromatic heterocycles. The van der Waals surface area contributed by atoms with E-state index in [1.54, 1.807) is 43.0 Å². The molecule has 1 atom stereocenters. The van der Waals surface area contributed by atoms with Gasteiger partial charge in [-0.25, -0.2) is 4.79 Å². The second kappa shape index (κ2) is 7.32. The number of thioether (sulfide) groups is 1. The van der Waals surface area contributed by atoms with E-state index in [0.29, 0.717) is 22.7 Å². The lowest BCUT2D eigenvalue weighted by Gasteiger charge is -2.22. The predicted octanol–water partition coefficient (Wildman–Crippen LogP) is 2.54. The summed E-state index contributed by atoms with van der Waals surface area (Å²) in [5.74, 6) is 0.129. The number of benzene rings is 2. The van der Waals surface area contributed by atoms with Gasteiger partial charge in [0, 0.05) is 10.6 Å². The van der Waals surface area contributed by atoms with Crippen LogP contribution in [0.2, 0.25) is 0 Å². The van der Waals surface area contributed by atoms with Gasteiger partial charge in [-0.3, -0.25) is 14.5 Å². The van der Waals surface area contributed by atoms with Crippen LogP contribution in [-0.4, -0.2) is 42.3 Å². The lowest BCUT2D eigenvalue weighted by Crippen LogP contribution is -2.42. The zero-order valence-corrected chi connectivity index (χ0v) is 16.7. The first kappa shape index (κ1) is 19.1. The molecule has 1 saturated heterocycles. The Hall–Kier alpha value is -3.20. The maximum Gasteiger partial charge on any atom is 0.325 e. The van der Waals surface area contributed by atoms with Crippen LogP contribution >= 0.6 is 11.8 Å². The van der Waals surface area contributed by atoms with Crippen molar-refractivity contribution in [3.8, 4) is 11.5 Å². The number of urea groups is 1. The zero-order chi connectivity index (χ0) is 20.6. The van der Waals surface area contributed by atoms with E-state index in [1.165, 1.54) is 0 Å². The third-order valence-electron chi connectivity index (χ3n) is 4.88. The molecule has 0 bridgehead atoms. The standard InChI is InChI=1S/C20H19N3O5S/c1-20(12-6-7-15-16(8-12)28-11-27-15)18(25)23(19(26)22-20)10-17(24)21-13-4-3-5-14(9-13)29-2/h3-9H,10-11H2,1-2H3,(H,21,24)(H,22,26)/t20-/m1/s1. The number of carbonyl (C=O) groups is 3. The normalized spacial score (nSPS) is 20.0. The van der Waals surface area contributed by atoms with Gasteiger partial charge >= 0.3 is 6.03 Å². The average Bonchev–Trinajstić information content (AvgIpc) is 3.26. The van der Waals surface area contributed by atoms with Crippen molar-refractivity contribution in [1.29, 1.82) is 0 Å². The van der Waals surface area contributed by atoms with Crippen molar-refractivity contribution in [3.05, 3.63) is 48.0 Å². The van der Waals surface area contributed by atoms with Gasteiger partial charge in [0.05, 0.1) is 0 Å². The number of carbonyl (C=O) groups excluding carboxylic acids is 3. The number of hydrogen-bond donors (Lipinski definition) is 2. The molecule has 2 aliphatic heterocycles. The third kappa shape index (κ3) is 3.49. The van der Waals surface area contributed by atoms with Gasteiger partial charge < -0.3 is 20.1 Å². The van der Waals surface area contributed by atoms with Crippen LogP contribution in [0.1, 0.15) is 12.5 Å². The lowest BCUT2D eigenvalue weighted by molar-refractivity contribution is -0.133. The maximum atomic E-state index is 13.0. The van der Waals surface area contributed by atoms with Crippen LogP contribution in [-0.2, 0) is 15.1 Å². The maximum absolute atomic E-state index is 13.0. The highest BCUT2D eigenvalue weighted by atomic mass is 32.2. The van der Waals surface area contributed by atoms with Crippen LogP contribution < -0.4 is 20.1 Å². The van der Waals surface area contributed by atoms with Gasteiger partial charge in [0.1, 0.15) is 12.1 Å². The van der Waals surface area contributed by atoms with E-state index in [1.807, 2.05) is 24.5 Å².